The number of pyridine rings is 1. The summed E-state index contributed by atoms with van der Waals surface area (Å²) in [7, 11) is 1.85. The first-order valence-electron chi connectivity index (χ1n) is 10.2. The van der Waals surface area contributed by atoms with Crippen LogP contribution in [-0.4, -0.2) is 20.8 Å². The molecule has 2 amide bonds. The van der Waals surface area contributed by atoms with Gasteiger partial charge in [0.05, 0.1) is 15.4 Å². The fourth-order valence-corrected chi connectivity index (χ4v) is 4.01. The minimum atomic E-state index is -0.380. The maximum absolute atomic E-state index is 12.3. The molecule has 7 nitrogen and oxygen atoms in total. The van der Waals surface area contributed by atoms with Gasteiger partial charge in [-0.1, -0.05) is 35.3 Å². The molecule has 1 fully saturated rings. The number of carbonyl (C=O) groups is 1. The number of rotatable bonds is 4. The van der Waals surface area contributed by atoms with E-state index in [4.69, 9.17) is 33.9 Å². The van der Waals surface area contributed by atoms with E-state index in [1.165, 1.54) is 0 Å². The third kappa shape index (κ3) is 3.97. The molecule has 4 aromatic rings. The van der Waals surface area contributed by atoms with Crippen molar-refractivity contribution in [2.45, 2.75) is 18.8 Å². The number of fused-ring (bicyclic) bond motifs is 1. The molecule has 5 rings (SSSR count). The van der Waals surface area contributed by atoms with E-state index in [-0.39, 0.29) is 6.03 Å². The molecular weight excluding hydrogens is 447 g/mol. The Bertz CT molecular complexity index is 1350. The number of hydrogen-bond acceptors (Lipinski definition) is 4. The zero-order valence-electron chi connectivity index (χ0n) is 17.2. The Morgan fingerprint density at radius 2 is 1.72 bits per heavy atom. The van der Waals surface area contributed by atoms with Crippen LogP contribution in [-0.2, 0) is 7.05 Å². The van der Waals surface area contributed by atoms with Gasteiger partial charge in [0.2, 0.25) is 0 Å². The fourth-order valence-electron chi connectivity index (χ4n) is 3.71. The van der Waals surface area contributed by atoms with Gasteiger partial charge in [-0.15, -0.1) is 0 Å². The Kier molecular flexibility index (Phi) is 5.15. The van der Waals surface area contributed by atoms with Crippen LogP contribution in [0.4, 0.5) is 22.0 Å². The number of amides is 2. The highest BCUT2D eigenvalue weighted by Crippen LogP contribution is 2.42. The van der Waals surface area contributed by atoms with Gasteiger partial charge in [-0.3, -0.25) is 0 Å². The molecule has 32 heavy (non-hydrogen) atoms. The molecule has 2 aromatic carbocycles. The van der Waals surface area contributed by atoms with Crippen molar-refractivity contribution in [2.24, 2.45) is 7.05 Å². The number of anilines is 3. The van der Waals surface area contributed by atoms with Crippen molar-refractivity contribution in [3.63, 3.8) is 0 Å². The molecule has 1 saturated carbocycles. The highest BCUT2D eigenvalue weighted by molar-refractivity contribution is 6.42. The van der Waals surface area contributed by atoms with Crippen molar-refractivity contribution in [3.8, 4) is 11.1 Å². The predicted molar refractivity (Wildman–Crippen MR) is 129 cm³/mol. The number of hydrogen-bond donors (Lipinski definition) is 3. The smallest absolute Gasteiger partial charge is 0.323 e. The summed E-state index contributed by atoms with van der Waals surface area (Å²) in [6.45, 7) is 0. The Hall–Kier alpha value is -3.29. The van der Waals surface area contributed by atoms with Crippen LogP contribution in [0.25, 0.3) is 22.2 Å². The van der Waals surface area contributed by atoms with Gasteiger partial charge in [-0.25, -0.2) is 14.5 Å². The highest BCUT2D eigenvalue weighted by atomic mass is 35.5. The van der Waals surface area contributed by atoms with E-state index in [1.807, 2.05) is 31.3 Å². The summed E-state index contributed by atoms with van der Waals surface area (Å²) < 4.78 is 1.73. The molecule has 1 aliphatic rings. The van der Waals surface area contributed by atoms with E-state index < -0.39 is 0 Å². The number of nitrogens with two attached hydrogens (primary N) is 1. The number of nitrogen functional groups attached to an aromatic ring is 1. The Morgan fingerprint density at radius 1 is 1.03 bits per heavy atom. The van der Waals surface area contributed by atoms with E-state index in [0.717, 1.165) is 40.7 Å². The van der Waals surface area contributed by atoms with Crippen molar-refractivity contribution in [2.75, 3.05) is 16.4 Å². The first-order valence-corrected chi connectivity index (χ1v) is 10.9. The van der Waals surface area contributed by atoms with Gasteiger partial charge in [0.15, 0.2) is 11.5 Å². The average Bonchev–Trinajstić information content (AvgIpc) is 3.57. The van der Waals surface area contributed by atoms with Crippen LogP contribution in [0.2, 0.25) is 10.0 Å². The number of nitrogens with zero attached hydrogens (tertiary/aromatic N) is 3. The van der Waals surface area contributed by atoms with Gasteiger partial charge < -0.3 is 16.4 Å². The molecule has 0 radical (unpaired) electrons. The zero-order valence-corrected chi connectivity index (χ0v) is 18.7. The maximum atomic E-state index is 12.3. The van der Waals surface area contributed by atoms with Crippen LogP contribution in [0.15, 0.2) is 48.5 Å². The van der Waals surface area contributed by atoms with Gasteiger partial charge in [-0.2, -0.15) is 5.10 Å². The fraction of sp³-hybridized carbons (Fsp3) is 0.174. The first-order chi connectivity index (χ1) is 15.4. The summed E-state index contributed by atoms with van der Waals surface area (Å²) in [5.41, 5.74) is 11.2. The van der Waals surface area contributed by atoms with Crippen LogP contribution >= 0.6 is 23.2 Å². The second-order valence-electron chi connectivity index (χ2n) is 7.86. The molecule has 4 N–H and O–H groups in total. The molecule has 162 valence electrons. The quantitative estimate of drug-likeness (QED) is 0.341. The third-order valence-corrected chi connectivity index (χ3v) is 6.21. The Labute approximate surface area is 194 Å². The topological polar surface area (TPSA) is 97.9 Å². The van der Waals surface area contributed by atoms with Gasteiger partial charge in [-0.05, 0) is 60.4 Å². The summed E-state index contributed by atoms with van der Waals surface area (Å²) in [5.74, 6) is 0.954. The number of benzene rings is 2. The van der Waals surface area contributed by atoms with E-state index >= 15 is 0 Å². The average molecular weight is 467 g/mol. The SMILES string of the molecule is Cn1nc(N)c2c(-c3ccc(NC(=O)Nc4ccc(Cl)c(Cl)c4)cc3)cc(C3CC3)nc21. The minimum absolute atomic E-state index is 0.373. The maximum Gasteiger partial charge on any atom is 0.323 e. The Balaban J connectivity index is 1.39. The largest absolute Gasteiger partial charge is 0.382 e. The monoisotopic (exact) mass is 466 g/mol. The van der Waals surface area contributed by atoms with Gasteiger partial charge in [0.25, 0.3) is 0 Å². The van der Waals surface area contributed by atoms with Crippen molar-refractivity contribution >= 4 is 57.5 Å². The molecule has 0 atom stereocenters. The van der Waals surface area contributed by atoms with Crippen molar-refractivity contribution in [3.05, 3.63) is 64.3 Å². The predicted octanol–water partition coefficient (Wildman–Crippen LogP) is 6.05. The molecule has 2 heterocycles. The number of nitrogens with one attached hydrogen (secondary N) is 2. The molecule has 0 bridgehead atoms. The second-order valence-corrected chi connectivity index (χ2v) is 8.68. The van der Waals surface area contributed by atoms with E-state index in [2.05, 4.69) is 21.8 Å². The van der Waals surface area contributed by atoms with Crippen LogP contribution < -0.4 is 16.4 Å². The number of carbonyl (C=O) groups excluding carboxylic acids is 1. The summed E-state index contributed by atoms with van der Waals surface area (Å²) in [5, 5.41) is 11.6. The van der Waals surface area contributed by atoms with Gasteiger partial charge in [0.1, 0.15) is 0 Å². The van der Waals surface area contributed by atoms with Crippen molar-refractivity contribution < 1.29 is 4.79 Å². The van der Waals surface area contributed by atoms with Crippen LogP contribution in [0, 0.1) is 0 Å². The molecular formula is C23H20Cl2N6O. The standard InChI is InChI=1S/C23H20Cl2N6O/c1-31-22-20(21(26)30-31)16(11-19(29-22)13-2-3-13)12-4-6-14(7-5-12)27-23(32)28-15-8-9-17(24)18(25)10-15/h4-11,13H,2-3H2,1H3,(H2,26,30)(H2,27,28,32). The lowest BCUT2D eigenvalue weighted by Crippen LogP contribution is -2.19. The molecule has 0 spiro atoms. The molecule has 0 saturated heterocycles. The zero-order chi connectivity index (χ0) is 22.4. The number of halogens is 2. The van der Waals surface area contributed by atoms with E-state index in [9.17, 15) is 4.79 Å². The summed E-state index contributed by atoms with van der Waals surface area (Å²) in [6, 6.07) is 14.2. The number of urea groups is 1. The summed E-state index contributed by atoms with van der Waals surface area (Å²) in [4.78, 5) is 17.1. The molecule has 1 aliphatic carbocycles. The van der Waals surface area contributed by atoms with Crippen molar-refractivity contribution in [1.29, 1.82) is 0 Å². The Morgan fingerprint density at radius 3 is 2.41 bits per heavy atom. The van der Waals surface area contributed by atoms with Crippen molar-refractivity contribution in [1.82, 2.24) is 14.8 Å². The van der Waals surface area contributed by atoms with Gasteiger partial charge >= 0.3 is 6.03 Å². The molecule has 2 aromatic heterocycles. The second kappa shape index (κ2) is 8.00. The molecule has 0 aliphatic heterocycles. The lowest BCUT2D eigenvalue weighted by Gasteiger charge is -2.11. The lowest BCUT2D eigenvalue weighted by atomic mass is 10.0. The lowest BCUT2D eigenvalue weighted by molar-refractivity contribution is 0.262. The number of aryl methyl sites for hydroxylation is 1. The van der Waals surface area contributed by atoms with Crippen LogP contribution in [0.5, 0.6) is 0 Å². The number of aromatic nitrogens is 3. The van der Waals surface area contributed by atoms with Crippen LogP contribution in [0.1, 0.15) is 24.5 Å². The molecule has 9 heteroatoms. The third-order valence-electron chi connectivity index (χ3n) is 5.47. The molecule has 0 unspecified atom stereocenters. The minimum Gasteiger partial charge on any atom is -0.382 e. The first kappa shape index (κ1) is 20.6. The van der Waals surface area contributed by atoms with Crippen LogP contribution in [0.3, 0.4) is 0 Å². The normalized spacial score (nSPS) is 13.3. The highest BCUT2D eigenvalue weighted by Gasteiger charge is 2.27. The van der Waals surface area contributed by atoms with E-state index in [0.29, 0.717) is 33.2 Å². The summed E-state index contributed by atoms with van der Waals surface area (Å²) in [6.07, 6.45) is 2.31. The van der Waals surface area contributed by atoms with E-state index in [1.54, 1.807) is 22.9 Å². The summed E-state index contributed by atoms with van der Waals surface area (Å²) >= 11 is 11.9. The van der Waals surface area contributed by atoms with Gasteiger partial charge in [0, 0.05) is 30.0 Å².